The molecule has 2 aromatic rings. The number of hydrogen-bond acceptors (Lipinski definition) is 4. The molecule has 4 nitrogen and oxygen atoms in total. The highest BCUT2D eigenvalue weighted by atomic mass is 79.9. The number of benzene rings is 2. The van der Waals surface area contributed by atoms with Gasteiger partial charge >= 0.3 is 0 Å². The molecule has 3 rings (SSSR count). The second-order valence-corrected chi connectivity index (χ2v) is 5.98. The topological polar surface area (TPSA) is 42.8 Å². The van der Waals surface area contributed by atoms with Gasteiger partial charge in [-0.2, -0.15) is 5.10 Å². The molecule has 1 unspecified atom stereocenters. The molecule has 114 valence electrons. The van der Waals surface area contributed by atoms with Crippen LogP contribution >= 0.6 is 15.9 Å². The smallest absolute Gasteiger partial charge is 0.161 e. The predicted octanol–water partition coefficient (Wildman–Crippen LogP) is 3.91. The molecule has 0 saturated heterocycles. The van der Waals surface area contributed by atoms with Crippen molar-refractivity contribution in [1.82, 2.24) is 5.43 Å². The molecule has 2 aromatic carbocycles. The maximum atomic E-state index is 5.37. The van der Waals surface area contributed by atoms with E-state index in [9.17, 15) is 0 Å². The van der Waals surface area contributed by atoms with Crippen LogP contribution in [0.1, 0.15) is 23.6 Å². The molecule has 0 fully saturated rings. The van der Waals surface area contributed by atoms with Gasteiger partial charge in [-0.05, 0) is 35.4 Å². The first-order valence-corrected chi connectivity index (χ1v) is 7.80. The molecule has 0 saturated carbocycles. The fraction of sp³-hybridized carbons (Fsp3) is 0.235. The van der Waals surface area contributed by atoms with E-state index in [0.29, 0.717) is 0 Å². The summed E-state index contributed by atoms with van der Waals surface area (Å²) in [5, 5.41) is 4.47. The van der Waals surface area contributed by atoms with Crippen molar-refractivity contribution in [3.63, 3.8) is 0 Å². The molecule has 1 aliphatic rings. The normalized spacial score (nSPS) is 16.9. The fourth-order valence-electron chi connectivity index (χ4n) is 2.53. The molecule has 0 radical (unpaired) electrons. The van der Waals surface area contributed by atoms with Crippen molar-refractivity contribution in [3.05, 3.63) is 58.1 Å². The Hall–Kier alpha value is -2.01. The Morgan fingerprint density at radius 2 is 1.77 bits per heavy atom. The zero-order valence-electron chi connectivity index (χ0n) is 12.5. The minimum atomic E-state index is 0.151. The molecule has 0 bridgehead atoms. The van der Waals surface area contributed by atoms with Gasteiger partial charge in [0.05, 0.1) is 26.0 Å². The average molecular weight is 361 g/mol. The van der Waals surface area contributed by atoms with E-state index in [1.807, 2.05) is 30.3 Å². The molecular weight excluding hydrogens is 344 g/mol. The van der Waals surface area contributed by atoms with Crippen LogP contribution < -0.4 is 14.9 Å². The van der Waals surface area contributed by atoms with Gasteiger partial charge < -0.3 is 14.9 Å². The van der Waals surface area contributed by atoms with Crippen molar-refractivity contribution in [1.29, 1.82) is 0 Å². The molecule has 1 aliphatic heterocycles. The van der Waals surface area contributed by atoms with Crippen LogP contribution in [-0.4, -0.2) is 19.9 Å². The predicted molar refractivity (Wildman–Crippen MR) is 90.7 cm³/mol. The van der Waals surface area contributed by atoms with Gasteiger partial charge in [-0.15, -0.1) is 0 Å². The molecule has 0 aliphatic carbocycles. The van der Waals surface area contributed by atoms with Crippen molar-refractivity contribution >= 4 is 21.6 Å². The van der Waals surface area contributed by atoms with Gasteiger partial charge in [-0.1, -0.05) is 34.1 Å². The summed E-state index contributed by atoms with van der Waals surface area (Å²) < 4.78 is 11.7. The van der Waals surface area contributed by atoms with Gasteiger partial charge in [0.1, 0.15) is 0 Å². The number of halogens is 1. The van der Waals surface area contributed by atoms with Crippen molar-refractivity contribution in [2.75, 3.05) is 14.2 Å². The van der Waals surface area contributed by atoms with Crippen molar-refractivity contribution in [3.8, 4) is 11.5 Å². The lowest BCUT2D eigenvalue weighted by Gasteiger charge is -2.14. The van der Waals surface area contributed by atoms with Gasteiger partial charge in [-0.25, -0.2) is 0 Å². The Kier molecular flexibility index (Phi) is 4.34. The van der Waals surface area contributed by atoms with Crippen LogP contribution in [0.25, 0.3) is 0 Å². The SMILES string of the molecule is COc1ccc(C2CC(c3ccc(Br)cc3)=NN2)cc1OC. The molecule has 0 amide bonds. The molecule has 1 heterocycles. The Bertz CT molecular complexity index is 698. The lowest BCUT2D eigenvalue weighted by molar-refractivity contribution is 0.354. The Morgan fingerprint density at radius 3 is 2.45 bits per heavy atom. The summed E-state index contributed by atoms with van der Waals surface area (Å²) in [5.74, 6) is 1.47. The summed E-state index contributed by atoms with van der Waals surface area (Å²) in [6.07, 6.45) is 0.844. The standard InChI is InChI=1S/C17H17BrN2O2/c1-21-16-8-5-12(9-17(16)22-2)15-10-14(19-20-15)11-3-6-13(18)7-4-11/h3-9,15,20H,10H2,1-2H3. The van der Waals surface area contributed by atoms with E-state index in [-0.39, 0.29) is 6.04 Å². The monoisotopic (exact) mass is 360 g/mol. The molecule has 22 heavy (non-hydrogen) atoms. The fourth-order valence-corrected chi connectivity index (χ4v) is 2.79. The van der Waals surface area contributed by atoms with Crippen LogP contribution in [0.5, 0.6) is 11.5 Å². The van der Waals surface area contributed by atoms with Gasteiger partial charge in [0.25, 0.3) is 0 Å². The quantitative estimate of drug-likeness (QED) is 0.898. The summed E-state index contributed by atoms with van der Waals surface area (Å²) in [7, 11) is 3.29. The Labute approximate surface area is 138 Å². The van der Waals surface area contributed by atoms with Crippen LogP contribution in [0.4, 0.5) is 0 Å². The zero-order valence-corrected chi connectivity index (χ0v) is 14.1. The largest absolute Gasteiger partial charge is 0.493 e. The third kappa shape index (κ3) is 2.95. The molecule has 0 spiro atoms. The third-order valence-corrected chi connectivity index (χ3v) is 4.27. The molecule has 0 aromatic heterocycles. The van der Waals surface area contributed by atoms with Crippen molar-refractivity contribution in [2.45, 2.75) is 12.5 Å². The lowest BCUT2D eigenvalue weighted by Crippen LogP contribution is -2.10. The van der Waals surface area contributed by atoms with Crippen LogP contribution in [-0.2, 0) is 0 Å². The molecule has 5 heteroatoms. The van der Waals surface area contributed by atoms with Crippen LogP contribution in [0.2, 0.25) is 0 Å². The van der Waals surface area contributed by atoms with E-state index in [2.05, 4.69) is 38.6 Å². The molecule has 1 N–H and O–H groups in total. The van der Waals surface area contributed by atoms with Crippen molar-refractivity contribution < 1.29 is 9.47 Å². The average Bonchev–Trinajstić information content (AvgIpc) is 3.05. The Balaban J connectivity index is 1.78. The van der Waals surface area contributed by atoms with Crippen molar-refractivity contribution in [2.24, 2.45) is 5.10 Å². The van der Waals surface area contributed by atoms with Gasteiger partial charge in [-0.3, -0.25) is 0 Å². The van der Waals surface area contributed by atoms with Gasteiger partial charge in [0, 0.05) is 10.9 Å². The first-order chi connectivity index (χ1) is 10.7. The number of ether oxygens (including phenoxy) is 2. The minimum Gasteiger partial charge on any atom is -0.493 e. The number of hydrazone groups is 1. The summed E-state index contributed by atoms with van der Waals surface area (Å²) in [6, 6.07) is 14.3. The summed E-state index contributed by atoms with van der Waals surface area (Å²) in [6.45, 7) is 0. The van der Waals surface area contributed by atoms with E-state index < -0.39 is 0 Å². The lowest BCUT2D eigenvalue weighted by atomic mass is 9.99. The highest BCUT2D eigenvalue weighted by Gasteiger charge is 2.22. The van der Waals surface area contributed by atoms with E-state index >= 15 is 0 Å². The van der Waals surface area contributed by atoms with E-state index in [0.717, 1.165) is 39.2 Å². The summed E-state index contributed by atoms with van der Waals surface area (Å²) in [5.41, 5.74) is 6.54. The van der Waals surface area contributed by atoms with E-state index in [4.69, 9.17) is 9.47 Å². The number of methoxy groups -OCH3 is 2. The number of nitrogens with zero attached hydrogens (tertiary/aromatic N) is 1. The third-order valence-electron chi connectivity index (χ3n) is 3.74. The van der Waals surface area contributed by atoms with Crippen LogP contribution in [0.3, 0.4) is 0 Å². The summed E-state index contributed by atoms with van der Waals surface area (Å²) >= 11 is 3.45. The zero-order chi connectivity index (χ0) is 15.5. The molecular formula is C17H17BrN2O2. The maximum Gasteiger partial charge on any atom is 0.161 e. The number of nitrogens with one attached hydrogen (secondary N) is 1. The molecule has 1 atom stereocenters. The maximum absolute atomic E-state index is 5.37. The first-order valence-electron chi connectivity index (χ1n) is 7.01. The van der Waals surface area contributed by atoms with Crippen LogP contribution in [0, 0.1) is 0 Å². The van der Waals surface area contributed by atoms with E-state index in [1.54, 1.807) is 14.2 Å². The highest BCUT2D eigenvalue weighted by molar-refractivity contribution is 9.10. The van der Waals surface area contributed by atoms with Gasteiger partial charge in [0.2, 0.25) is 0 Å². The Morgan fingerprint density at radius 1 is 1.05 bits per heavy atom. The van der Waals surface area contributed by atoms with Gasteiger partial charge in [0.15, 0.2) is 11.5 Å². The number of hydrogen-bond donors (Lipinski definition) is 1. The van der Waals surface area contributed by atoms with Crippen LogP contribution in [0.15, 0.2) is 52.0 Å². The second kappa shape index (κ2) is 6.40. The second-order valence-electron chi connectivity index (χ2n) is 5.07. The summed E-state index contributed by atoms with van der Waals surface area (Å²) in [4.78, 5) is 0. The minimum absolute atomic E-state index is 0.151. The first kappa shape index (κ1) is 14.9. The number of rotatable bonds is 4. The van der Waals surface area contributed by atoms with E-state index in [1.165, 1.54) is 0 Å². The highest BCUT2D eigenvalue weighted by Crippen LogP contribution is 2.32.